The van der Waals surface area contributed by atoms with E-state index in [4.69, 9.17) is 4.74 Å². The SMILES string of the molecule is COc1cccc(CN(C(=O)Cc2ccccc2[N+](=O)[O-])[C@@H](C)C(=O)NC2CCCC2)c1. The molecule has 3 rings (SSSR count). The van der Waals surface area contributed by atoms with E-state index >= 15 is 0 Å². The van der Waals surface area contributed by atoms with E-state index in [0.29, 0.717) is 11.3 Å². The van der Waals surface area contributed by atoms with Crippen molar-refractivity contribution in [3.8, 4) is 5.75 Å². The van der Waals surface area contributed by atoms with Crippen LogP contribution in [-0.4, -0.2) is 40.8 Å². The van der Waals surface area contributed by atoms with Crippen LogP contribution in [0.4, 0.5) is 5.69 Å². The normalized spacial score (nSPS) is 14.6. The Morgan fingerprint density at radius 3 is 2.59 bits per heavy atom. The number of hydrogen-bond acceptors (Lipinski definition) is 5. The lowest BCUT2D eigenvalue weighted by Crippen LogP contribution is -2.50. The molecule has 0 radical (unpaired) electrons. The molecule has 8 heteroatoms. The summed E-state index contributed by atoms with van der Waals surface area (Å²) >= 11 is 0. The molecule has 2 aromatic rings. The van der Waals surface area contributed by atoms with Crippen LogP contribution in [0.25, 0.3) is 0 Å². The average Bonchev–Trinajstić information content (AvgIpc) is 3.30. The number of nitrogens with zero attached hydrogens (tertiary/aromatic N) is 2. The molecule has 1 saturated carbocycles. The van der Waals surface area contributed by atoms with Crippen LogP contribution in [0, 0.1) is 10.1 Å². The van der Waals surface area contributed by atoms with Crippen LogP contribution in [0.2, 0.25) is 0 Å². The maximum Gasteiger partial charge on any atom is 0.273 e. The summed E-state index contributed by atoms with van der Waals surface area (Å²) in [4.78, 5) is 38.6. The van der Waals surface area contributed by atoms with Gasteiger partial charge in [0.25, 0.3) is 5.69 Å². The zero-order chi connectivity index (χ0) is 23.1. The first-order valence-corrected chi connectivity index (χ1v) is 10.8. The van der Waals surface area contributed by atoms with Gasteiger partial charge in [-0.3, -0.25) is 19.7 Å². The molecule has 0 spiro atoms. The lowest BCUT2D eigenvalue weighted by molar-refractivity contribution is -0.385. The Morgan fingerprint density at radius 2 is 1.91 bits per heavy atom. The lowest BCUT2D eigenvalue weighted by atomic mass is 10.1. The van der Waals surface area contributed by atoms with Gasteiger partial charge in [0.1, 0.15) is 11.8 Å². The van der Waals surface area contributed by atoms with Gasteiger partial charge in [-0.1, -0.05) is 43.2 Å². The van der Waals surface area contributed by atoms with Crippen molar-refractivity contribution in [2.24, 2.45) is 0 Å². The van der Waals surface area contributed by atoms with Crippen LogP contribution in [-0.2, 0) is 22.6 Å². The Bertz CT molecular complexity index is 972. The number of nitro groups is 1. The summed E-state index contributed by atoms with van der Waals surface area (Å²) in [7, 11) is 1.56. The molecule has 1 aliphatic rings. The summed E-state index contributed by atoms with van der Waals surface area (Å²) in [6, 6.07) is 12.9. The minimum absolute atomic E-state index is 0.106. The molecule has 0 heterocycles. The molecular weight excluding hydrogens is 410 g/mol. The van der Waals surface area contributed by atoms with Gasteiger partial charge in [0.2, 0.25) is 11.8 Å². The number of rotatable bonds is 9. The number of nitrogens with one attached hydrogen (secondary N) is 1. The highest BCUT2D eigenvalue weighted by molar-refractivity contribution is 5.88. The molecule has 1 N–H and O–H groups in total. The fourth-order valence-corrected chi connectivity index (χ4v) is 4.04. The highest BCUT2D eigenvalue weighted by Crippen LogP contribution is 2.22. The molecule has 0 unspecified atom stereocenters. The second-order valence-corrected chi connectivity index (χ2v) is 8.10. The number of hydrogen-bond donors (Lipinski definition) is 1. The number of amides is 2. The largest absolute Gasteiger partial charge is 0.497 e. The summed E-state index contributed by atoms with van der Waals surface area (Å²) in [6.45, 7) is 1.89. The highest BCUT2D eigenvalue weighted by Gasteiger charge is 2.29. The topological polar surface area (TPSA) is 102 Å². The zero-order valence-electron chi connectivity index (χ0n) is 18.5. The molecule has 32 heavy (non-hydrogen) atoms. The van der Waals surface area contributed by atoms with E-state index < -0.39 is 11.0 Å². The van der Waals surface area contributed by atoms with E-state index in [9.17, 15) is 19.7 Å². The first-order valence-electron chi connectivity index (χ1n) is 10.8. The number of carbonyl (C=O) groups is 2. The van der Waals surface area contributed by atoms with Crippen molar-refractivity contribution in [2.45, 2.75) is 57.7 Å². The maximum absolute atomic E-state index is 13.3. The van der Waals surface area contributed by atoms with Crippen molar-refractivity contribution in [1.29, 1.82) is 0 Å². The van der Waals surface area contributed by atoms with Gasteiger partial charge in [-0.25, -0.2) is 0 Å². The molecule has 2 aromatic carbocycles. The summed E-state index contributed by atoms with van der Waals surface area (Å²) < 4.78 is 5.27. The number of nitro benzene ring substituents is 1. The zero-order valence-corrected chi connectivity index (χ0v) is 18.5. The van der Waals surface area contributed by atoms with Crippen molar-refractivity contribution >= 4 is 17.5 Å². The van der Waals surface area contributed by atoms with Crippen LogP contribution < -0.4 is 10.1 Å². The molecule has 0 aliphatic heterocycles. The Hall–Kier alpha value is -3.42. The predicted molar refractivity (Wildman–Crippen MR) is 120 cm³/mol. The van der Waals surface area contributed by atoms with Crippen molar-refractivity contribution < 1.29 is 19.2 Å². The van der Waals surface area contributed by atoms with E-state index in [2.05, 4.69) is 5.32 Å². The fourth-order valence-electron chi connectivity index (χ4n) is 4.04. The summed E-state index contributed by atoms with van der Waals surface area (Å²) in [5.74, 6) is 0.0866. The van der Waals surface area contributed by atoms with Gasteiger partial charge in [-0.15, -0.1) is 0 Å². The highest BCUT2D eigenvalue weighted by atomic mass is 16.6. The molecule has 1 fully saturated rings. The molecule has 0 bridgehead atoms. The number of methoxy groups -OCH3 is 1. The molecule has 0 saturated heterocycles. The van der Waals surface area contributed by atoms with Gasteiger partial charge in [-0.2, -0.15) is 0 Å². The summed E-state index contributed by atoms with van der Waals surface area (Å²) in [5, 5.41) is 14.4. The monoisotopic (exact) mass is 439 g/mol. The predicted octanol–water partition coefficient (Wildman–Crippen LogP) is 3.62. The molecule has 1 aliphatic carbocycles. The first-order chi connectivity index (χ1) is 15.4. The second-order valence-electron chi connectivity index (χ2n) is 8.10. The van der Waals surface area contributed by atoms with Gasteiger partial charge < -0.3 is 15.0 Å². The third-order valence-electron chi connectivity index (χ3n) is 5.89. The van der Waals surface area contributed by atoms with E-state index in [1.54, 1.807) is 38.3 Å². The fraction of sp³-hybridized carbons (Fsp3) is 0.417. The van der Waals surface area contributed by atoms with Gasteiger partial charge in [0.15, 0.2) is 0 Å². The Labute approximate surface area is 187 Å². The molecular formula is C24H29N3O5. The van der Waals surface area contributed by atoms with Crippen molar-refractivity contribution in [3.63, 3.8) is 0 Å². The van der Waals surface area contributed by atoms with E-state index in [1.807, 2.05) is 18.2 Å². The minimum Gasteiger partial charge on any atom is -0.497 e. The minimum atomic E-state index is -0.725. The maximum atomic E-state index is 13.3. The number of carbonyl (C=O) groups excluding carboxylic acids is 2. The summed E-state index contributed by atoms with van der Waals surface area (Å²) in [6.07, 6.45) is 3.89. The summed E-state index contributed by atoms with van der Waals surface area (Å²) in [5.41, 5.74) is 1.02. The number of benzene rings is 2. The average molecular weight is 440 g/mol. The van der Waals surface area contributed by atoms with Crippen molar-refractivity contribution in [3.05, 3.63) is 69.8 Å². The van der Waals surface area contributed by atoms with Crippen LogP contribution in [0.15, 0.2) is 48.5 Å². The molecule has 0 aromatic heterocycles. The van der Waals surface area contributed by atoms with Crippen LogP contribution in [0.3, 0.4) is 0 Å². The molecule has 8 nitrogen and oxygen atoms in total. The Morgan fingerprint density at radius 1 is 1.19 bits per heavy atom. The van der Waals surface area contributed by atoms with E-state index in [-0.39, 0.29) is 36.5 Å². The van der Waals surface area contributed by atoms with E-state index in [0.717, 1.165) is 31.2 Å². The smallest absolute Gasteiger partial charge is 0.273 e. The van der Waals surface area contributed by atoms with Gasteiger partial charge >= 0.3 is 0 Å². The second kappa shape index (κ2) is 10.7. The number of para-hydroxylation sites is 1. The standard InChI is InChI=1S/C24H29N3O5/c1-17(24(29)25-20-10-4-5-11-20)26(16-18-8-7-12-21(14-18)32-2)23(28)15-19-9-3-6-13-22(19)27(30)31/h3,6-9,12-14,17,20H,4-5,10-11,15-16H2,1-2H3,(H,25,29)/t17-/m0/s1. The molecule has 170 valence electrons. The van der Waals surface area contributed by atoms with E-state index in [1.165, 1.54) is 11.0 Å². The van der Waals surface area contributed by atoms with Crippen molar-refractivity contribution in [2.75, 3.05) is 7.11 Å². The first kappa shape index (κ1) is 23.2. The molecule has 2 amide bonds. The quantitative estimate of drug-likeness (QED) is 0.475. The van der Waals surface area contributed by atoms with Gasteiger partial charge in [0.05, 0.1) is 18.5 Å². The van der Waals surface area contributed by atoms with Crippen LogP contribution in [0.5, 0.6) is 5.75 Å². The lowest BCUT2D eigenvalue weighted by Gasteiger charge is -2.30. The Balaban J connectivity index is 1.83. The van der Waals surface area contributed by atoms with Gasteiger partial charge in [0, 0.05) is 24.2 Å². The third-order valence-corrected chi connectivity index (χ3v) is 5.89. The van der Waals surface area contributed by atoms with Crippen molar-refractivity contribution in [1.82, 2.24) is 10.2 Å². The molecule has 1 atom stereocenters. The van der Waals surface area contributed by atoms with Gasteiger partial charge in [-0.05, 0) is 37.5 Å². The van der Waals surface area contributed by atoms with Crippen LogP contribution in [0.1, 0.15) is 43.7 Å². The van der Waals surface area contributed by atoms with Crippen LogP contribution >= 0.6 is 0 Å². The third kappa shape index (κ3) is 5.84. The number of ether oxygens (including phenoxy) is 1. The Kier molecular flexibility index (Phi) is 7.81.